The Balaban J connectivity index is 1.41. The van der Waals surface area contributed by atoms with Crippen LogP contribution in [0.3, 0.4) is 0 Å². The van der Waals surface area contributed by atoms with E-state index in [-0.39, 0.29) is 12.3 Å². The van der Waals surface area contributed by atoms with Crippen molar-refractivity contribution in [3.8, 4) is 0 Å². The Hall–Kier alpha value is -3.48. The van der Waals surface area contributed by atoms with Crippen LogP contribution < -0.4 is 11.1 Å². The number of hydrogen-bond acceptors (Lipinski definition) is 4. The molecule has 4 aromatic rings. The number of hydrogen-bond donors (Lipinski definition) is 4. The highest BCUT2D eigenvalue weighted by Gasteiger charge is 2.22. The second-order valence-electron chi connectivity index (χ2n) is 8.01. The van der Waals surface area contributed by atoms with Gasteiger partial charge in [0.15, 0.2) is 0 Å². The second-order valence-corrected chi connectivity index (χ2v) is 8.01. The van der Waals surface area contributed by atoms with Crippen molar-refractivity contribution < 1.29 is 9.90 Å². The molecule has 1 heterocycles. The lowest BCUT2D eigenvalue weighted by Gasteiger charge is -2.20. The molecule has 32 heavy (non-hydrogen) atoms. The maximum Gasteiger partial charge on any atom is 0.220 e. The van der Waals surface area contributed by atoms with Gasteiger partial charge in [-0.25, -0.2) is 4.98 Å². The summed E-state index contributed by atoms with van der Waals surface area (Å²) in [5, 5.41) is 13.5. The largest absolute Gasteiger partial charge is 0.391 e. The number of H-pyrrole nitrogens is 1. The van der Waals surface area contributed by atoms with Crippen LogP contribution in [-0.2, 0) is 11.2 Å². The van der Waals surface area contributed by atoms with Gasteiger partial charge in [0.1, 0.15) is 11.9 Å². The number of amides is 1. The molecule has 6 nitrogen and oxygen atoms in total. The first-order chi connectivity index (χ1) is 15.6. The number of benzene rings is 3. The topological polar surface area (TPSA) is 104 Å². The van der Waals surface area contributed by atoms with E-state index in [1.54, 1.807) is 0 Å². The zero-order chi connectivity index (χ0) is 22.3. The maximum absolute atomic E-state index is 12.8. The van der Waals surface area contributed by atoms with E-state index in [1.807, 2.05) is 84.9 Å². The summed E-state index contributed by atoms with van der Waals surface area (Å²) in [6.07, 6.45) is 0.270. The van der Waals surface area contributed by atoms with Crippen LogP contribution in [0, 0.1) is 0 Å². The molecule has 0 bridgehead atoms. The molecule has 0 saturated heterocycles. The molecule has 0 radical (unpaired) electrons. The summed E-state index contributed by atoms with van der Waals surface area (Å²) in [4.78, 5) is 20.8. The molecule has 0 saturated carbocycles. The number of nitrogens with two attached hydrogens (primary N) is 1. The number of para-hydroxylation sites is 2. The van der Waals surface area contributed by atoms with Gasteiger partial charge >= 0.3 is 0 Å². The Morgan fingerprint density at radius 2 is 1.62 bits per heavy atom. The molecule has 1 aromatic heterocycles. The van der Waals surface area contributed by atoms with Crippen LogP contribution in [-0.4, -0.2) is 33.1 Å². The molecule has 5 N–H and O–H groups in total. The Labute approximate surface area is 187 Å². The number of nitrogens with zero attached hydrogens (tertiary/aromatic N) is 1. The molecule has 0 spiro atoms. The maximum atomic E-state index is 12.8. The van der Waals surface area contributed by atoms with Crippen LogP contribution in [0.4, 0.5) is 0 Å². The Morgan fingerprint density at radius 3 is 2.34 bits per heavy atom. The standard InChI is InChI=1S/C26H28N4O2/c27-20(17-18-9-3-1-4-10-18)23(31)15-16-24(32)30-25(19-11-5-2-6-12-19)26-28-21-13-7-8-14-22(21)29-26/h1-14,20,23,25,31H,15-17,27H2,(H,28,29)(H,30,32)/t20-,23-,25?/m0/s1. The minimum Gasteiger partial charge on any atom is -0.391 e. The smallest absolute Gasteiger partial charge is 0.220 e. The number of aliphatic hydroxyl groups is 1. The molecule has 3 atom stereocenters. The summed E-state index contributed by atoms with van der Waals surface area (Å²) < 4.78 is 0. The summed E-state index contributed by atoms with van der Waals surface area (Å²) in [6, 6.07) is 26.5. The van der Waals surface area contributed by atoms with E-state index in [0.717, 1.165) is 22.2 Å². The van der Waals surface area contributed by atoms with Crippen molar-refractivity contribution in [3.63, 3.8) is 0 Å². The number of aromatic amines is 1. The van der Waals surface area contributed by atoms with Gasteiger partial charge in [-0.05, 0) is 36.1 Å². The van der Waals surface area contributed by atoms with Gasteiger partial charge in [-0.1, -0.05) is 72.8 Å². The molecule has 0 aliphatic rings. The third kappa shape index (κ3) is 5.41. The van der Waals surface area contributed by atoms with Crippen LogP contribution in [0.2, 0.25) is 0 Å². The monoisotopic (exact) mass is 428 g/mol. The number of nitrogens with one attached hydrogen (secondary N) is 2. The molecule has 3 aromatic carbocycles. The third-order valence-electron chi connectivity index (χ3n) is 5.59. The summed E-state index contributed by atoms with van der Waals surface area (Å²) >= 11 is 0. The van der Waals surface area contributed by atoms with Crippen LogP contribution in [0.25, 0.3) is 11.0 Å². The molecular weight excluding hydrogens is 400 g/mol. The Bertz CT molecular complexity index is 1110. The second kappa shape index (κ2) is 10.2. The highest BCUT2D eigenvalue weighted by Crippen LogP contribution is 2.23. The normalized spacial score (nSPS) is 14.1. The highest BCUT2D eigenvalue weighted by atomic mass is 16.3. The predicted molar refractivity (Wildman–Crippen MR) is 126 cm³/mol. The van der Waals surface area contributed by atoms with Gasteiger partial charge in [0.05, 0.1) is 17.1 Å². The average Bonchev–Trinajstić information content (AvgIpc) is 3.26. The lowest BCUT2D eigenvalue weighted by atomic mass is 9.99. The quantitative estimate of drug-likeness (QED) is 0.328. The van der Waals surface area contributed by atoms with E-state index in [1.165, 1.54) is 0 Å². The van der Waals surface area contributed by atoms with E-state index in [0.29, 0.717) is 18.7 Å². The fraction of sp³-hybridized carbons (Fsp3) is 0.231. The number of aliphatic hydroxyl groups excluding tert-OH is 1. The number of carbonyl (C=O) groups excluding carboxylic acids is 1. The van der Waals surface area contributed by atoms with Crippen LogP contribution >= 0.6 is 0 Å². The summed E-state index contributed by atoms with van der Waals surface area (Å²) in [6.45, 7) is 0. The van der Waals surface area contributed by atoms with Gasteiger partial charge in [0.2, 0.25) is 5.91 Å². The lowest BCUT2D eigenvalue weighted by molar-refractivity contribution is -0.122. The predicted octanol–water partition coefficient (Wildman–Crippen LogP) is 3.48. The Kier molecular flexibility index (Phi) is 6.94. The zero-order valence-corrected chi connectivity index (χ0v) is 17.8. The lowest BCUT2D eigenvalue weighted by Crippen LogP contribution is -2.38. The molecule has 164 valence electrons. The number of rotatable bonds is 9. The molecule has 1 amide bonds. The summed E-state index contributed by atoms with van der Waals surface area (Å²) in [7, 11) is 0. The van der Waals surface area contributed by atoms with Crippen molar-refractivity contribution in [2.45, 2.75) is 37.5 Å². The summed E-state index contributed by atoms with van der Waals surface area (Å²) in [5.41, 5.74) is 9.93. The fourth-order valence-corrected chi connectivity index (χ4v) is 3.81. The SMILES string of the molecule is N[C@@H](Cc1ccccc1)[C@@H](O)CCC(=O)NC(c1ccccc1)c1nc2ccccc2[nH]1. The van der Waals surface area contributed by atoms with Crippen LogP contribution in [0.5, 0.6) is 0 Å². The van der Waals surface area contributed by atoms with E-state index in [9.17, 15) is 9.90 Å². The van der Waals surface area contributed by atoms with Crippen molar-refractivity contribution in [2.24, 2.45) is 5.73 Å². The van der Waals surface area contributed by atoms with Gasteiger partial charge in [0, 0.05) is 12.5 Å². The van der Waals surface area contributed by atoms with E-state index in [4.69, 9.17) is 5.73 Å². The molecule has 0 aliphatic carbocycles. The van der Waals surface area contributed by atoms with Gasteiger partial charge in [0.25, 0.3) is 0 Å². The van der Waals surface area contributed by atoms with Gasteiger partial charge in [-0.2, -0.15) is 0 Å². The minimum atomic E-state index is -0.762. The first kappa shape index (κ1) is 21.7. The van der Waals surface area contributed by atoms with Crippen molar-refractivity contribution in [2.75, 3.05) is 0 Å². The van der Waals surface area contributed by atoms with Crippen molar-refractivity contribution in [1.29, 1.82) is 0 Å². The van der Waals surface area contributed by atoms with Crippen LogP contribution in [0.1, 0.15) is 35.8 Å². The molecule has 1 unspecified atom stereocenters. The molecule has 0 fully saturated rings. The van der Waals surface area contributed by atoms with Gasteiger partial charge < -0.3 is 21.1 Å². The summed E-state index contributed by atoms with van der Waals surface area (Å²) in [5.74, 6) is 0.511. The average molecular weight is 429 g/mol. The first-order valence-electron chi connectivity index (χ1n) is 10.9. The van der Waals surface area contributed by atoms with Gasteiger partial charge in [-0.3, -0.25) is 4.79 Å². The molecule has 4 rings (SSSR count). The Morgan fingerprint density at radius 1 is 0.969 bits per heavy atom. The van der Waals surface area contributed by atoms with E-state index < -0.39 is 18.2 Å². The number of imidazole rings is 1. The molecule has 0 aliphatic heterocycles. The highest BCUT2D eigenvalue weighted by molar-refractivity contribution is 5.78. The zero-order valence-electron chi connectivity index (χ0n) is 17.8. The van der Waals surface area contributed by atoms with Gasteiger partial charge in [-0.15, -0.1) is 0 Å². The number of aromatic nitrogens is 2. The first-order valence-corrected chi connectivity index (χ1v) is 10.9. The fourth-order valence-electron chi connectivity index (χ4n) is 3.81. The molecule has 6 heteroatoms. The number of carbonyl (C=O) groups is 1. The van der Waals surface area contributed by atoms with E-state index >= 15 is 0 Å². The van der Waals surface area contributed by atoms with E-state index in [2.05, 4.69) is 15.3 Å². The van der Waals surface area contributed by atoms with Crippen LogP contribution in [0.15, 0.2) is 84.9 Å². The van der Waals surface area contributed by atoms with Crippen molar-refractivity contribution >= 4 is 16.9 Å². The number of fused-ring (bicyclic) bond motifs is 1. The van der Waals surface area contributed by atoms with Crippen molar-refractivity contribution in [3.05, 3.63) is 102 Å². The van der Waals surface area contributed by atoms with Crippen molar-refractivity contribution in [1.82, 2.24) is 15.3 Å². The molecular formula is C26H28N4O2. The minimum absolute atomic E-state index is 0.162. The third-order valence-corrected chi connectivity index (χ3v) is 5.59.